The number of benzene rings is 2. The number of ether oxygens (including phenoxy) is 1. The minimum atomic E-state index is 0.0248. The monoisotopic (exact) mass is 299 g/mol. The van der Waals surface area contributed by atoms with Gasteiger partial charge in [0, 0.05) is 13.1 Å². The normalized spacial score (nSPS) is 12.1. The van der Waals surface area contributed by atoms with Crippen molar-refractivity contribution < 1.29 is 9.53 Å². The summed E-state index contributed by atoms with van der Waals surface area (Å²) in [4.78, 5) is 16.5. The molecule has 0 aliphatic carbocycles. The lowest BCUT2D eigenvalue weighted by Crippen LogP contribution is -2.30. The highest BCUT2D eigenvalue weighted by molar-refractivity contribution is 7.99. The van der Waals surface area contributed by atoms with E-state index >= 15 is 0 Å². The Bertz CT molecular complexity index is 680. The molecule has 1 heterocycles. The maximum absolute atomic E-state index is 12.6. The zero-order valence-electron chi connectivity index (χ0n) is 12.1. The van der Waals surface area contributed by atoms with Gasteiger partial charge in [-0.1, -0.05) is 30.0 Å². The summed E-state index contributed by atoms with van der Waals surface area (Å²) < 4.78 is 6.00. The zero-order chi connectivity index (χ0) is 14.8. The number of amides is 1. The number of hydrogen-bond acceptors (Lipinski definition) is 3. The molecule has 1 aliphatic heterocycles. The number of para-hydroxylation sites is 2. The van der Waals surface area contributed by atoms with Gasteiger partial charge in [-0.25, -0.2) is 0 Å². The highest BCUT2D eigenvalue weighted by Crippen LogP contribution is 2.48. The largest absolute Gasteiger partial charge is 0.454 e. The summed E-state index contributed by atoms with van der Waals surface area (Å²) in [6, 6.07) is 13.7. The lowest BCUT2D eigenvalue weighted by Gasteiger charge is -2.24. The van der Waals surface area contributed by atoms with E-state index in [9.17, 15) is 4.79 Å². The number of rotatable bonds is 3. The number of carbonyl (C=O) groups excluding carboxylic acids is 1. The molecule has 0 radical (unpaired) electrons. The van der Waals surface area contributed by atoms with Gasteiger partial charge in [0.05, 0.1) is 15.4 Å². The van der Waals surface area contributed by atoms with E-state index in [1.807, 2.05) is 61.2 Å². The minimum absolute atomic E-state index is 0.0248. The van der Waals surface area contributed by atoms with Gasteiger partial charge in [-0.05, 0) is 38.1 Å². The van der Waals surface area contributed by atoms with Gasteiger partial charge in [0.2, 0.25) is 0 Å². The molecule has 0 saturated carbocycles. The topological polar surface area (TPSA) is 29.5 Å². The lowest BCUT2D eigenvalue weighted by atomic mass is 10.1. The molecule has 0 aromatic heterocycles. The van der Waals surface area contributed by atoms with Crippen LogP contribution in [0.15, 0.2) is 52.3 Å². The predicted octanol–water partition coefficient (Wildman–Crippen LogP) is 4.43. The van der Waals surface area contributed by atoms with Crippen molar-refractivity contribution in [1.29, 1.82) is 0 Å². The Kier molecular flexibility index (Phi) is 3.88. The molecule has 0 atom stereocenters. The van der Waals surface area contributed by atoms with E-state index in [-0.39, 0.29) is 5.91 Å². The molecule has 2 aromatic carbocycles. The Labute approximate surface area is 128 Å². The first-order valence-electron chi connectivity index (χ1n) is 7.11. The first-order chi connectivity index (χ1) is 10.2. The average molecular weight is 299 g/mol. The Morgan fingerprint density at radius 3 is 2.52 bits per heavy atom. The molecule has 0 saturated heterocycles. The Hall–Kier alpha value is -1.94. The smallest absolute Gasteiger partial charge is 0.257 e. The van der Waals surface area contributed by atoms with E-state index in [4.69, 9.17) is 4.74 Å². The van der Waals surface area contributed by atoms with Crippen molar-refractivity contribution in [3.63, 3.8) is 0 Å². The molecule has 0 spiro atoms. The summed E-state index contributed by atoms with van der Waals surface area (Å²) in [6.45, 7) is 5.37. The third kappa shape index (κ3) is 2.51. The standard InChI is InChI=1S/C17H17NO2S/c1-3-18(4-2)17(19)12-8-7-11-15-16(12)20-13-9-5-6-10-14(13)21-15/h5-11H,3-4H2,1-2H3. The van der Waals surface area contributed by atoms with Crippen LogP contribution in [0.25, 0.3) is 0 Å². The van der Waals surface area contributed by atoms with E-state index < -0.39 is 0 Å². The predicted molar refractivity (Wildman–Crippen MR) is 84.3 cm³/mol. The number of nitrogens with zero attached hydrogens (tertiary/aromatic N) is 1. The molecule has 3 nitrogen and oxygen atoms in total. The summed E-state index contributed by atoms with van der Waals surface area (Å²) in [6.07, 6.45) is 0. The summed E-state index contributed by atoms with van der Waals surface area (Å²) in [5.74, 6) is 1.52. The van der Waals surface area contributed by atoms with Gasteiger partial charge in [-0.15, -0.1) is 0 Å². The Morgan fingerprint density at radius 1 is 1.05 bits per heavy atom. The van der Waals surface area contributed by atoms with Gasteiger partial charge in [0.1, 0.15) is 5.75 Å². The van der Waals surface area contributed by atoms with E-state index in [0.717, 1.165) is 15.5 Å². The average Bonchev–Trinajstić information content (AvgIpc) is 2.53. The fourth-order valence-corrected chi connectivity index (χ4v) is 3.38. The fraction of sp³-hybridized carbons (Fsp3) is 0.235. The third-order valence-electron chi connectivity index (χ3n) is 3.54. The molecule has 21 heavy (non-hydrogen) atoms. The molecule has 0 fully saturated rings. The van der Waals surface area contributed by atoms with Crippen LogP contribution in [0.1, 0.15) is 24.2 Å². The molecular formula is C17H17NO2S. The summed E-state index contributed by atoms with van der Waals surface area (Å²) in [7, 11) is 0. The minimum Gasteiger partial charge on any atom is -0.454 e. The van der Waals surface area contributed by atoms with Crippen LogP contribution in [0.5, 0.6) is 11.5 Å². The van der Waals surface area contributed by atoms with Crippen LogP contribution < -0.4 is 4.74 Å². The van der Waals surface area contributed by atoms with Gasteiger partial charge < -0.3 is 9.64 Å². The van der Waals surface area contributed by atoms with E-state index in [2.05, 4.69) is 0 Å². The van der Waals surface area contributed by atoms with Crippen LogP contribution in [0.2, 0.25) is 0 Å². The molecule has 1 amide bonds. The van der Waals surface area contributed by atoms with Gasteiger partial charge in [-0.3, -0.25) is 4.79 Å². The highest BCUT2D eigenvalue weighted by Gasteiger charge is 2.25. The van der Waals surface area contributed by atoms with Crippen LogP contribution in [0, 0.1) is 0 Å². The van der Waals surface area contributed by atoms with Crippen molar-refractivity contribution in [3.05, 3.63) is 48.0 Å². The molecule has 4 heteroatoms. The van der Waals surface area contributed by atoms with Gasteiger partial charge in [0.25, 0.3) is 5.91 Å². The van der Waals surface area contributed by atoms with Crippen molar-refractivity contribution in [3.8, 4) is 11.5 Å². The van der Waals surface area contributed by atoms with E-state index in [0.29, 0.717) is 24.4 Å². The number of hydrogen-bond donors (Lipinski definition) is 0. The molecule has 0 bridgehead atoms. The second-order valence-electron chi connectivity index (χ2n) is 4.76. The van der Waals surface area contributed by atoms with E-state index in [1.54, 1.807) is 11.8 Å². The summed E-state index contributed by atoms with van der Waals surface area (Å²) >= 11 is 1.65. The van der Waals surface area contributed by atoms with Crippen LogP contribution in [-0.4, -0.2) is 23.9 Å². The number of fused-ring (bicyclic) bond motifs is 2. The fourth-order valence-electron chi connectivity index (χ4n) is 2.40. The number of carbonyl (C=O) groups is 1. The van der Waals surface area contributed by atoms with Crippen molar-refractivity contribution >= 4 is 17.7 Å². The molecule has 0 N–H and O–H groups in total. The van der Waals surface area contributed by atoms with Crippen molar-refractivity contribution in [2.45, 2.75) is 23.6 Å². The summed E-state index contributed by atoms with van der Waals surface area (Å²) in [5, 5.41) is 0. The Balaban J connectivity index is 2.02. The molecular weight excluding hydrogens is 282 g/mol. The highest BCUT2D eigenvalue weighted by atomic mass is 32.2. The van der Waals surface area contributed by atoms with Gasteiger partial charge >= 0.3 is 0 Å². The molecule has 3 rings (SSSR count). The Morgan fingerprint density at radius 2 is 1.76 bits per heavy atom. The van der Waals surface area contributed by atoms with Crippen molar-refractivity contribution in [2.24, 2.45) is 0 Å². The summed E-state index contributed by atoms with van der Waals surface area (Å²) in [5.41, 5.74) is 0.637. The second-order valence-corrected chi connectivity index (χ2v) is 5.84. The van der Waals surface area contributed by atoms with Crippen LogP contribution >= 0.6 is 11.8 Å². The van der Waals surface area contributed by atoms with Crippen LogP contribution in [0.4, 0.5) is 0 Å². The first kappa shape index (κ1) is 14.0. The maximum atomic E-state index is 12.6. The zero-order valence-corrected chi connectivity index (χ0v) is 12.9. The lowest BCUT2D eigenvalue weighted by molar-refractivity contribution is 0.0770. The SMILES string of the molecule is CCN(CC)C(=O)c1cccc2c1Oc1ccccc1S2. The van der Waals surface area contributed by atoms with E-state index in [1.165, 1.54) is 0 Å². The first-order valence-corrected chi connectivity index (χ1v) is 7.93. The van der Waals surface area contributed by atoms with Crippen LogP contribution in [-0.2, 0) is 0 Å². The molecule has 108 valence electrons. The molecule has 2 aromatic rings. The second kappa shape index (κ2) is 5.82. The van der Waals surface area contributed by atoms with Crippen LogP contribution in [0.3, 0.4) is 0 Å². The van der Waals surface area contributed by atoms with Crippen molar-refractivity contribution in [1.82, 2.24) is 4.90 Å². The maximum Gasteiger partial charge on any atom is 0.257 e. The third-order valence-corrected chi connectivity index (χ3v) is 4.64. The van der Waals surface area contributed by atoms with Gasteiger partial charge in [0.15, 0.2) is 5.75 Å². The van der Waals surface area contributed by atoms with Crippen molar-refractivity contribution in [2.75, 3.05) is 13.1 Å². The van der Waals surface area contributed by atoms with Gasteiger partial charge in [-0.2, -0.15) is 0 Å². The molecule has 0 unspecified atom stereocenters. The quantitative estimate of drug-likeness (QED) is 0.716. The molecule has 1 aliphatic rings.